The summed E-state index contributed by atoms with van der Waals surface area (Å²) in [5, 5.41) is 8.99. The number of rotatable bonds is 4. The van der Waals surface area contributed by atoms with Crippen LogP contribution in [-0.4, -0.2) is 30.7 Å². The highest BCUT2D eigenvalue weighted by Gasteiger charge is 2.35. The van der Waals surface area contributed by atoms with Crippen LogP contribution in [0.15, 0.2) is 36.7 Å². The van der Waals surface area contributed by atoms with Crippen LogP contribution in [0.25, 0.3) is 0 Å². The van der Waals surface area contributed by atoms with Crippen LogP contribution in [0.5, 0.6) is 0 Å². The van der Waals surface area contributed by atoms with Gasteiger partial charge in [0.25, 0.3) is 0 Å². The molecule has 0 aliphatic carbocycles. The number of hydrogen-bond donors (Lipinski definition) is 0. The number of aromatic nitrogens is 1. The Balaban J connectivity index is 1.88. The average Bonchev–Trinajstić information content (AvgIpc) is 2.68. The lowest BCUT2D eigenvalue weighted by atomic mass is 10.0. The van der Waals surface area contributed by atoms with Crippen molar-refractivity contribution in [2.75, 3.05) is 29.4 Å². The molecule has 4 nitrogen and oxygen atoms in total. The molecule has 3 rings (SSSR count). The van der Waals surface area contributed by atoms with Gasteiger partial charge in [0, 0.05) is 37.4 Å². The third kappa shape index (κ3) is 4.19. The van der Waals surface area contributed by atoms with Gasteiger partial charge in [-0.15, -0.1) is 0 Å². The molecule has 28 heavy (non-hydrogen) atoms. The lowest BCUT2D eigenvalue weighted by Gasteiger charge is -2.41. The predicted molar refractivity (Wildman–Crippen MR) is 98.6 cm³/mol. The van der Waals surface area contributed by atoms with E-state index in [0.717, 1.165) is 31.6 Å². The van der Waals surface area contributed by atoms with E-state index in [2.05, 4.69) is 4.98 Å². The SMILES string of the molecule is CCN(c1ccc(C#N)c(C(F)(F)F)c1)C1CCCN(c2cncc(F)c2)C1. The number of hydrogen-bond acceptors (Lipinski definition) is 4. The van der Waals surface area contributed by atoms with Gasteiger partial charge >= 0.3 is 6.18 Å². The van der Waals surface area contributed by atoms with Gasteiger partial charge < -0.3 is 9.80 Å². The zero-order valence-corrected chi connectivity index (χ0v) is 15.4. The zero-order valence-electron chi connectivity index (χ0n) is 15.4. The second-order valence-corrected chi connectivity index (χ2v) is 6.73. The number of benzene rings is 1. The summed E-state index contributed by atoms with van der Waals surface area (Å²) in [6.45, 7) is 3.69. The molecule has 1 aliphatic heterocycles. The van der Waals surface area contributed by atoms with Crippen molar-refractivity contribution in [2.45, 2.75) is 32.0 Å². The Labute approximate surface area is 161 Å². The molecule has 8 heteroatoms. The largest absolute Gasteiger partial charge is 0.417 e. The number of pyridine rings is 1. The summed E-state index contributed by atoms with van der Waals surface area (Å²) in [7, 11) is 0. The molecule has 2 aromatic rings. The topological polar surface area (TPSA) is 43.2 Å². The molecule has 1 aromatic heterocycles. The molecule has 0 N–H and O–H groups in total. The van der Waals surface area contributed by atoms with Gasteiger partial charge in [0.2, 0.25) is 0 Å². The summed E-state index contributed by atoms with van der Waals surface area (Å²) in [6, 6.07) is 6.81. The minimum Gasteiger partial charge on any atom is -0.368 e. The van der Waals surface area contributed by atoms with E-state index in [-0.39, 0.29) is 11.6 Å². The number of nitrogens with zero attached hydrogens (tertiary/aromatic N) is 4. The summed E-state index contributed by atoms with van der Waals surface area (Å²) < 4.78 is 53.5. The van der Waals surface area contributed by atoms with Crippen LogP contribution < -0.4 is 9.80 Å². The van der Waals surface area contributed by atoms with Crippen LogP contribution in [0, 0.1) is 17.1 Å². The van der Waals surface area contributed by atoms with E-state index in [1.54, 1.807) is 18.3 Å². The fourth-order valence-corrected chi connectivity index (χ4v) is 3.71. The normalized spacial score (nSPS) is 17.3. The Morgan fingerprint density at radius 1 is 1.29 bits per heavy atom. The third-order valence-corrected chi connectivity index (χ3v) is 4.99. The molecular weight excluding hydrogens is 372 g/mol. The van der Waals surface area contributed by atoms with Crippen LogP contribution in [-0.2, 0) is 6.18 Å². The molecule has 1 fully saturated rings. The summed E-state index contributed by atoms with van der Waals surface area (Å²) in [6.07, 6.45) is -0.218. The van der Waals surface area contributed by atoms with E-state index in [0.29, 0.717) is 24.5 Å². The maximum Gasteiger partial charge on any atom is 0.417 e. The van der Waals surface area contributed by atoms with Gasteiger partial charge in [-0.05, 0) is 38.0 Å². The Morgan fingerprint density at radius 3 is 2.71 bits per heavy atom. The van der Waals surface area contributed by atoms with Crippen LogP contribution in [0.3, 0.4) is 0 Å². The highest BCUT2D eigenvalue weighted by molar-refractivity contribution is 5.56. The summed E-state index contributed by atoms with van der Waals surface area (Å²) >= 11 is 0. The van der Waals surface area contributed by atoms with Crippen LogP contribution in [0.1, 0.15) is 30.9 Å². The van der Waals surface area contributed by atoms with Crippen molar-refractivity contribution in [1.29, 1.82) is 5.26 Å². The monoisotopic (exact) mass is 392 g/mol. The van der Waals surface area contributed by atoms with E-state index in [4.69, 9.17) is 5.26 Å². The van der Waals surface area contributed by atoms with E-state index >= 15 is 0 Å². The lowest BCUT2D eigenvalue weighted by Crippen LogP contribution is -2.48. The summed E-state index contributed by atoms with van der Waals surface area (Å²) in [4.78, 5) is 7.79. The van der Waals surface area contributed by atoms with Gasteiger partial charge in [-0.3, -0.25) is 4.98 Å². The maximum atomic E-state index is 13.5. The van der Waals surface area contributed by atoms with Crippen LogP contribution >= 0.6 is 0 Å². The maximum absolute atomic E-state index is 13.5. The highest BCUT2D eigenvalue weighted by atomic mass is 19.4. The van der Waals surface area contributed by atoms with Crippen LogP contribution in [0.4, 0.5) is 28.9 Å². The lowest BCUT2D eigenvalue weighted by molar-refractivity contribution is -0.137. The van der Waals surface area contributed by atoms with Crippen molar-refractivity contribution in [3.8, 4) is 6.07 Å². The van der Waals surface area contributed by atoms with E-state index < -0.39 is 17.6 Å². The first-order valence-corrected chi connectivity index (χ1v) is 9.07. The van der Waals surface area contributed by atoms with E-state index in [1.165, 1.54) is 12.1 Å². The molecule has 148 valence electrons. The van der Waals surface area contributed by atoms with Gasteiger partial charge in [-0.2, -0.15) is 18.4 Å². The zero-order chi connectivity index (χ0) is 20.3. The van der Waals surface area contributed by atoms with Gasteiger partial charge in [0.05, 0.1) is 35.3 Å². The minimum atomic E-state index is -4.59. The van der Waals surface area contributed by atoms with Crippen molar-refractivity contribution in [1.82, 2.24) is 4.98 Å². The molecule has 1 aliphatic rings. The molecule has 1 saturated heterocycles. The smallest absolute Gasteiger partial charge is 0.368 e. The first-order valence-electron chi connectivity index (χ1n) is 9.07. The molecule has 0 amide bonds. The van der Waals surface area contributed by atoms with Crippen molar-refractivity contribution >= 4 is 11.4 Å². The number of anilines is 2. The predicted octanol–water partition coefficient (Wildman–Crippen LogP) is 4.61. The molecule has 0 radical (unpaired) electrons. The fourth-order valence-electron chi connectivity index (χ4n) is 3.71. The second kappa shape index (κ2) is 8.05. The summed E-state index contributed by atoms with van der Waals surface area (Å²) in [5.41, 5.74) is -0.217. The molecule has 2 heterocycles. The number of nitriles is 1. The number of alkyl halides is 3. The third-order valence-electron chi connectivity index (χ3n) is 4.99. The molecule has 0 spiro atoms. The molecule has 1 atom stereocenters. The minimum absolute atomic E-state index is 0.0314. The quantitative estimate of drug-likeness (QED) is 0.713. The Kier molecular flexibility index (Phi) is 5.73. The van der Waals surface area contributed by atoms with Gasteiger partial charge in [-0.1, -0.05) is 0 Å². The van der Waals surface area contributed by atoms with Crippen molar-refractivity contribution in [2.24, 2.45) is 0 Å². The van der Waals surface area contributed by atoms with Crippen LogP contribution in [0.2, 0.25) is 0 Å². The molecule has 1 unspecified atom stereocenters. The van der Waals surface area contributed by atoms with E-state index in [1.807, 2.05) is 16.7 Å². The summed E-state index contributed by atoms with van der Waals surface area (Å²) in [5.74, 6) is -0.422. The van der Waals surface area contributed by atoms with E-state index in [9.17, 15) is 17.6 Å². The Hall–Kier alpha value is -2.82. The molecule has 0 saturated carbocycles. The molecular formula is C20H20F4N4. The highest BCUT2D eigenvalue weighted by Crippen LogP contribution is 2.35. The van der Waals surface area contributed by atoms with Gasteiger partial charge in [-0.25, -0.2) is 4.39 Å². The molecule has 1 aromatic carbocycles. The Morgan fingerprint density at radius 2 is 2.07 bits per heavy atom. The number of likely N-dealkylation sites (N-methyl/N-ethyl adjacent to an activating group) is 1. The first kappa shape index (κ1) is 19.9. The van der Waals surface area contributed by atoms with Crippen molar-refractivity contribution in [3.63, 3.8) is 0 Å². The number of halogens is 4. The first-order chi connectivity index (χ1) is 13.3. The van der Waals surface area contributed by atoms with Gasteiger partial charge in [0.15, 0.2) is 0 Å². The van der Waals surface area contributed by atoms with Crippen molar-refractivity contribution in [3.05, 3.63) is 53.6 Å². The standard InChI is InChI=1S/C20H20F4N4/c1-2-28(16-6-5-14(10-25)19(9-16)20(22,23)24)17-4-3-7-27(13-17)18-8-15(21)11-26-12-18/h5-6,8-9,11-12,17H,2-4,7,13H2,1H3. The second-order valence-electron chi connectivity index (χ2n) is 6.73. The van der Waals surface area contributed by atoms with Gasteiger partial charge in [0.1, 0.15) is 5.82 Å². The number of piperidine rings is 1. The van der Waals surface area contributed by atoms with Crippen molar-refractivity contribution < 1.29 is 17.6 Å². The molecule has 0 bridgehead atoms. The average molecular weight is 392 g/mol. The Bertz CT molecular complexity index is 875. The fraction of sp³-hybridized carbons (Fsp3) is 0.400.